The van der Waals surface area contributed by atoms with Crippen molar-refractivity contribution in [3.63, 3.8) is 0 Å². The third kappa shape index (κ3) is 4.23. The fourth-order valence-corrected chi connectivity index (χ4v) is 2.56. The Kier molecular flexibility index (Phi) is 5.56. The Hall–Kier alpha value is -0.650. The number of nitrogens with two attached hydrogens (primary N) is 2. The number of piperidine rings is 1. The lowest BCUT2D eigenvalue weighted by Gasteiger charge is -2.38. The van der Waals surface area contributed by atoms with Gasteiger partial charge in [0.15, 0.2) is 0 Å². The molecule has 5 heteroatoms. The van der Waals surface area contributed by atoms with Crippen LogP contribution >= 0.6 is 0 Å². The Labute approximate surface area is 110 Å². The normalized spacial score (nSPS) is 23.6. The Morgan fingerprint density at radius 3 is 2.50 bits per heavy atom. The molecule has 1 fully saturated rings. The van der Waals surface area contributed by atoms with Crippen molar-refractivity contribution < 1.29 is 9.53 Å². The molecule has 106 valence electrons. The number of carbonyl (C=O) groups excluding carboxylic acids is 1. The molecule has 0 radical (unpaired) electrons. The van der Waals surface area contributed by atoms with Crippen LogP contribution in [0, 0.1) is 0 Å². The number of primary amides is 1. The van der Waals surface area contributed by atoms with Gasteiger partial charge in [-0.15, -0.1) is 0 Å². The van der Waals surface area contributed by atoms with Crippen molar-refractivity contribution in [2.75, 3.05) is 19.7 Å². The summed E-state index contributed by atoms with van der Waals surface area (Å²) >= 11 is 0. The smallest absolute Gasteiger partial charge is 0.237 e. The highest BCUT2D eigenvalue weighted by Crippen LogP contribution is 2.20. The minimum Gasteiger partial charge on any atom is -0.378 e. The number of amides is 1. The van der Waals surface area contributed by atoms with E-state index < -0.39 is 11.4 Å². The van der Waals surface area contributed by atoms with Crippen LogP contribution in [0.15, 0.2) is 0 Å². The molecule has 1 heterocycles. The highest BCUT2D eigenvalue weighted by molar-refractivity contribution is 5.83. The first-order valence-corrected chi connectivity index (χ1v) is 6.81. The summed E-state index contributed by atoms with van der Waals surface area (Å²) in [4.78, 5) is 13.6. The summed E-state index contributed by atoms with van der Waals surface area (Å²) in [5, 5.41) is 0. The van der Waals surface area contributed by atoms with Gasteiger partial charge >= 0.3 is 0 Å². The van der Waals surface area contributed by atoms with E-state index in [9.17, 15) is 4.79 Å². The van der Waals surface area contributed by atoms with Gasteiger partial charge in [0.05, 0.1) is 11.6 Å². The average Bonchev–Trinajstić information content (AvgIpc) is 2.29. The number of hydrogen-bond acceptors (Lipinski definition) is 4. The molecule has 0 aliphatic carbocycles. The van der Waals surface area contributed by atoms with Crippen molar-refractivity contribution in [2.24, 2.45) is 11.5 Å². The summed E-state index contributed by atoms with van der Waals surface area (Å²) in [6.07, 6.45) is 3.09. The van der Waals surface area contributed by atoms with Crippen molar-refractivity contribution in [2.45, 2.75) is 57.7 Å². The van der Waals surface area contributed by atoms with Crippen molar-refractivity contribution in [3.05, 3.63) is 0 Å². The molecule has 1 aliphatic rings. The maximum absolute atomic E-state index is 11.2. The van der Waals surface area contributed by atoms with Gasteiger partial charge in [0.1, 0.15) is 0 Å². The number of likely N-dealkylation sites (tertiary alicyclic amines) is 1. The average molecular weight is 257 g/mol. The van der Waals surface area contributed by atoms with Crippen LogP contribution in [-0.2, 0) is 9.53 Å². The molecular weight excluding hydrogens is 230 g/mol. The van der Waals surface area contributed by atoms with Gasteiger partial charge in [-0.2, -0.15) is 0 Å². The van der Waals surface area contributed by atoms with Crippen LogP contribution in [0.4, 0.5) is 0 Å². The summed E-state index contributed by atoms with van der Waals surface area (Å²) in [6, 6.07) is 0.273. The Morgan fingerprint density at radius 1 is 1.50 bits per heavy atom. The number of ether oxygens (including phenoxy) is 1. The van der Waals surface area contributed by atoms with Crippen LogP contribution < -0.4 is 11.5 Å². The van der Waals surface area contributed by atoms with Gasteiger partial charge in [0, 0.05) is 25.7 Å². The summed E-state index contributed by atoms with van der Waals surface area (Å²) < 4.78 is 5.62. The Bertz CT molecular complexity index is 273. The van der Waals surface area contributed by atoms with Crippen LogP contribution in [-0.4, -0.2) is 48.2 Å². The molecular formula is C13H27N3O2. The van der Waals surface area contributed by atoms with E-state index in [2.05, 4.69) is 11.8 Å². The molecule has 0 aromatic carbocycles. The topological polar surface area (TPSA) is 81.6 Å². The maximum Gasteiger partial charge on any atom is 0.237 e. The molecule has 0 aromatic rings. The summed E-state index contributed by atoms with van der Waals surface area (Å²) in [5.74, 6) is -0.432. The molecule has 1 rings (SSSR count). The second kappa shape index (κ2) is 6.50. The summed E-state index contributed by atoms with van der Waals surface area (Å²) in [5.41, 5.74) is 10.3. The quantitative estimate of drug-likeness (QED) is 0.724. The zero-order valence-electron chi connectivity index (χ0n) is 11.8. The number of rotatable bonds is 6. The zero-order valence-corrected chi connectivity index (χ0v) is 11.8. The van der Waals surface area contributed by atoms with E-state index in [-0.39, 0.29) is 6.04 Å². The lowest BCUT2D eigenvalue weighted by Crippen LogP contribution is -2.54. The van der Waals surface area contributed by atoms with E-state index in [1.165, 1.54) is 0 Å². The predicted molar refractivity (Wildman–Crippen MR) is 72.1 cm³/mol. The molecule has 5 nitrogen and oxygen atoms in total. The Morgan fingerprint density at radius 2 is 2.06 bits per heavy atom. The molecule has 0 spiro atoms. The second-order valence-electron chi connectivity index (χ2n) is 5.53. The first-order chi connectivity index (χ1) is 8.36. The standard InChI is InChI=1S/C13H27N3O2/c1-4-18-11-5-7-16(8-6-11)10(2)9-13(3,15)12(14)17/h10-11H,4-9,15H2,1-3H3,(H2,14,17). The highest BCUT2D eigenvalue weighted by Gasteiger charge is 2.31. The maximum atomic E-state index is 11.2. The lowest BCUT2D eigenvalue weighted by molar-refractivity contribution is -0.123. The largest absolute Gasteiger partial charge is 0.378 e. The van der Waals surface area contributed by atoms with Gasteiger partial charge in [0.25, 0.3) is 0 Å². The molecule has 0 aromatic heterocycles. The molecule has 4 N–H and O–H groups in total. The van der Waals surface area contributed by atoms with E-state index in [1.54, 1.807) is 6.92 Å². The summed E-state index contributed by atoms with van der Waals surface area (Å²) in [6.45, 7) is 8.62. The van der Waals surface area contributed by atoms with E-state index >= 15 is 0 Å². The second-order valence-corrected chi connectivity index (χ2v) is 5.53. The van der Waals surface area contributed by atoms with Crippen LogP contribution in [0.3, 0.4) is 0 Å². The first kappa shape index (κ1) is 15.4. The van der Waals surface area contributed by atoms with E-state index in [0.29, 0.717) is 12.5 Å². The monoisotopic (exact) mass is 257 g/mol. The Balaban J connectivity index is 2.40. The third-order valence-electron chi connectivity index (χ3n) is 3.78. The van der Waals surface area contributed by atoms with Crippen molar-refractivity contribution in [3.8, 4) is 0 Å². The fraction of sp³-hybridized carbons (Fsp3) is 0.923. The minimum absolute atomic E-state index is 0.273. The van der Waals surface area contributed by atoms with Crippen LogP contribution in [0.2, 0.25) is 0 Å². The van der Waals surface area contributed by atoms with Gasteiger partial charge in [0.2, 0.25) is 5.91 Å². The van der Waals surface area contributed by atoms with E-state index in [0.717, 1.165) is 32.5 Å². The highest BCUT2D eigenvalue weighted by atomic mass is 16.5. The van der Waals surface area contributed by atoms with E-state index in [1.807, 2.05) is 6.92 Å². The van der Waals surface area contributed by atoms with E-state index in [4.69, 9.17) is 16.2 Å². The van der Waals surface area contributed by atoms with Crippen LogP contribution in [0.1, 0.15) is 40.0 Å². The molecule has 2 unspecified atom stereocenters. The fourth-order valence-electron chi connectivity index (χ4n) is 2.56. The van der Waals surface area contributed by atoms with Crippen molar-refractivity contribution in [1.82, 2.24) is 4.90 Å². The molecule has 0 bridgehead atoms. The predicted octanol–water partition coefficient (Wildman–Crippen LogP) is 0.469. The van der Waals surface area contributed by atoms with Gasteiger partial charge in [-0.05, 0) is 40.0 Å². The van der Waals surface area contributed by atoms with Crippen LogP contribution in [0.5, 0.6) is 0 Å². The van der Waals surface area contributed by atoms with Gasteiger partial charge in [-0.1, -0.05) is 0 Å². The molecule has 1 aliphatic heterocycles. The minimum atomic E-state index is -0.920. The molecule has 0 saturated carbocycles. The van der Waals surface area contributed by atoms with Gasteiger partial charge in [-0.25, -0.2) is 0 Å². The van der Waals surface area contributed by atoms with Gasteiger partial charge < -0.3 is 21.1 Å². The first-order valence-electron chi connectivity index (χ1n) is 6.81. The number of nitrogens with zero attached hydrogens (tertiary/aromatic N) is 1. The van der Waals surface area contributed by atoms with Crippen molar-refractivity contribution in [1.29, 1.82) is 0 Å². The van der Waals surface area contributed by atoms with Crippen molar-refractivity contribution >= 4 is 5.91 Å². The lowest BCUT2D eigenvalue weighted by atomic mass is 9.92. The van der Waals surface area contributed by atoms with Crippen LogP contribution in [0.25, 0.3) is 0 Å². The number of hydrogen-bond donors (Lipinski definition) is 2. The van der Waals surface area contributed by atoms with Gasteiger partial charge in [-0.3, -0.25) is 4.79 Å². The number of carbonyl (C=O) groups is 1. The molecule has 18 heavy (non-hydrogen) atoms. The third-order valence-corrected chi connectivity index (χ3v) is 3.78. The SMILES string of the molecule is CCOC1CCN(C(C)CC(C)(N)C(N)=O)CC1. The molecule has 1 saturated heterocycles. The molecule has 1 amide bonds. The summed E-state index contributed by atoms with van der Waals surface area (Å²) in [7, 11) is 0. The zero-order chi connectivity index (χ0) is 13.8. The molecule has 2 atom stereocenters.